The molecule has 1 N–H and O–H groups in total. The molecule has 8 heteroatoms. The molecule has 0 fully saturated rings. The van der Waals surface area contributed by atoms with Gasteiger partial charge < -0.3 is 4.90 Å². The number of carbonyl (C=O) groups excluding carboxylic acids is 1. The Hall–Kier alpha value is -3.26. The number of fused-ring (bicyclic) bond motifs is 1. The van der Waals surface area contributed by atoms with E-state index in [1.807, 2.05) is 42.6 Å². The number of aromatic amines is 1. The van der Waals surface area contributed by atoms with Gasteiger partial charge in [0.2, 0.25) is 0 Å². The number of nitrogens with one attached hydrogen (secondary N) is 1. The highest BCUT2D eigenvalue weighted by Gasteiger charge is 2.21. The number of rotatable bonds is 4. The van der Waals surface area contributed by atoms with Crippen molar-refractivity contribution in [1.29, 1.82) is 0 Å². The summed E-state index contributed by atoms with van der Waals surface area (Å²) in [6.07, 6.45) is 0. The first kappa shape index (κ1) is 17.2. The number of amides is 1. The fourth-order valence-corrected chi connectivity index (χ4v) is 3.54. The highest BCUT2D eigenvalue weighted by atomic mass is 32.1. The van der Waals surface area contributed by atoms with Gasteiger partial charge in [-0.25, -0.2) is 4.98 Å². The van der Waals surface area contributed by atoms with Crippen LogP contribution >= 0.6 is 11.3 Å². The van der Waals surface area contributed by atoms with Crippen LogP contribution < -0.4 is 10.5 Å². The summed E-state index contributed by atoms with van der Waals surface area (Å²) < 4.78 is 1.28. The largest absolute Gasteiger partial charge is 0.300 e. The second kappa shape index (κ2) is 6.81. The highest BCUT2D eigenvalue weighted by Crippen LogP contribution is 2.22. The Labute approximate surface area is 158 Å². The Bertz CT molecular complexity index is 1180. The van der Waals surface area contributed by atoms with E-state index in [0.29, 0.717) is 22.2 Å². The predicted molar refractivity (Wildman–Crippen MR) is 104 cm³/mol. The predicted octanol–water partition coefficient (Wildman–Crippen LogP) is 2.94. The molecule has 0 saturated carbocycles. The standard InChI is InChI=1S/C19H17N5O2S/c1-12-5-3-6-14(9-12)23(18(26)15-7-4-8-27-15)11-16-21-19-20-13(2)10-17(25)24(19)22-16/h3-10H,11H2,1-2H3,(H,20,21,22). The fourth-order valence-electron chi connectivity index (χ4n) is 2.87. The second-order valence-corrected chi connectivity index (χ2v) is 7.20. The molecule has 0 unspecified atom stereocenters. The minimum absolute atomic E-state index is 0.118. The lowest BCUT2D eigenvalue weighted by molar-refractivity contribution is 0.0988. The van der Waals surface area contributed by atoms with Gasteiger partial charge in [0.05, 0.1) is 11.4 Å². The van der Waals surface area contributed by atoms with Crippen LogP contribution in [0.3, 0.4) is 0 Å². The van der Waals surface area contributed by atoms with Gasteiger partial charge in [-0.1, -0.05) is 18.2 Å². The second-order valence-electron chi connectivity index (χ2n) is 6.25. The van der Waals surface area contributed by atoms with Crippen molar-refractivity contribution in [1.82, 2.24) is 19.6 Å². The lowest BCUT2D eigenvalue weighted by Crippen LogP contribution is -2.30. The Kier molecular flexibility index (Phi) is 4.33. The third-order valence-corrected chi connectivity index (χ3v) is 4.96. The maximum absolute atomic E-state index is 13.1. The molecule has 136 valence electrons. The molecule has 0 saturated heterocycles. The lowest BCUT2D eigenvalue weighted by atomic mass is 10.2. The van der Waals surface area contributed by atoms with Gasteiger partial charge in [-0.05, 0) is 43.0 Å². The Morgan fingerprint density at radius 1 is 1.19 bits per heavy atom. The Morgan fingerprint density at radius 2 is 2.04 bits per heavy atom. The summed E-state index contributed by atoms with van der Waals surface area (Å²) in [5, 5.41) is 4.82. The van der Waals surface area contributed by atoms with Crippen LogP contribution in [0.2, 0.25) is 0 Å². The van der Waals surface area contributed by atoms with E-state index in [9.17, 15) is 9.59 Å². The molecule has 0 aliphatic carbocycles. The van der Waals surface area contributed by atoms with E-state index in [2.05, 4.69) is 15.1 Å². The normalized spacial score (nSPS) is 11.0. The van der Waals surface area contributed by atoms with Crippen molar-refractivity contribution >= 4 is 28.7 Å². The average Bonchev–Trinajstić information content (AvgIpc) is 3.29. The monoisotopic (exact) mass is 379 g/mol. The van der Waals surface area contributed by atoms with Crippen LogP contribution in [0.25, 0.3) is 5.78 Å². The van der Waals surface area contributed by atoms with Crippen molar-refractivity contribution < 1.29 is 4.79 Å². The molecule has 1 aromatic carbocycles. The SMILES string of the molecule is Cc1cccc(N(Cc2nc3nc(C)cc(=O)n3[nH]2)C(=O)c2cccs2)c1. The summed E-state index contributed by atoms with van der Waals surface area (Å²) >= 11 is 1.39. The molecule has 0 aliphatic heterocycles. The Balaban J connectivity index is 1.76. The molecular formula is C19H17N5O2S. The van der Waals surface area contributed by atoms with Crippen molar-refractivity contribution in [3.05, 3.63) is 80.2 Å². The van der Waals surface area contributed by atoms with Gasteiger partial charge in [0.25, 0.3) is 17.2 Å². The van der Waals surface area contributed by atoms with Crippen LogP contribution in [0.4, 0.5) is 5.69 Å². The first-order chi connectivity index (χ1) is 13.0. The summed E-state index contributed by atoms with van der Waals surface area (Å²) in [4.78, 5) is 36.1. The number of anilines is 1. The molecule has 0 bridgehead atoms. The summed E-state index contributed by atoms with van der Waals surface area (Å²) in [7, 11) is 0. The van der Waals surface area contributed by atoms with E-state index in [1.54, 1.807) is 17.9 Å². The van der Waals surface area contributed by atoms with Gasteiger partial charge >= 0.3 is 0 Å². The number of carbonyl (C=O) groups is 1. The van der Waals surface area contributed by atoms with Gasteiger partial charge in [-0.15, -0.1) is 11.3 Å². The molecule has 1 amide bonds. The molecule has 4 aromatic rings. The lowest BCUT2D eigenvalue weighted by Gasteiger charge is -2.21. The van der Waals surface area contributed by atoms with E-state index >= 15 is 0 Å². The zero-order valence-corrected chi connectivity index (χ0v) is 15.7. The minimum atomic E-state index is -0.233. The average molecular weight is 379 g/mol. The number of aryl methyl sites for hydroxylation is 2. The molecule has 4 rings (SSSR count). The van der Waals surface area contributed by atoms with Crippen molar-refractivity contribution in [2.24, 2.45) is 0 Å². The minimum Gasteiger partial charge on any atom is -0.300 e. The van der Waals surface area contributed by atoms with E-state index in [-0.39, 0.29) is 18.0 Å². The van der Waals surface area contributed by atoms with Crippen LogP contribution in [0.15, 0.2) is 52.6 Å². The summed E-state index contributed by atoms with van der Waals surface area (Å²) in [5.41, 5.74) is 2.19. The smallest absolute Gasteiger partial charge is 0.274 e. The van der Waals surface area contributed by atoms with Crippen LogP contribution in [-0.4, -0.2) is 25.5 Å². The van der Waals surface area contributed by atoms with Crippen LogP contribution in [-0.2, 0) is 6.54 Å². The molecule has 0 radical (unpaired) electrons. The van der Waals surface area contributed by atoms with E-state index in [1.165, 1.54) is 21.9 Å². The van der Waals surface area contributed by atoms with Crippen LogP contribution in [0, 0.1) is 13.8 Å². The number of H-pyrrole nitrogens is 1. The molecule has 0 aliphatic rings. The zero-order chi connectivity index (χ0) is 19.0. The van der Waals surface area contributed by atoms with Gasteiger partial charge in [-0.2, -0.15) is 9.50 Å². The molecule has 0 atom stereocenters. The zero-order valence-electron chi connectivity index (χ0n) is 14.8. The quantitative estimate of drug-likeness (QED) is 0.591. The summed E-state index contributed by atoms with van der Waals surface area (Å²) in [6, 6.07) is 12.8. The maximum Gasteiger partial charge on any atom is 0.274 e. The van der Waals surface area contributed by atoms with Gasteiger partial charge in [-0.3, -0.25) is 14.7 Å². The van der Waals surface area contributed by atoms with Crippen molar-refractivity contribution in [2.75, 3.05) is 4.90 Å². The number of nitrogens with zero attached hydrogens (tertiary/aromatic N) is 4. The molecular weight excluding hydrogens is 362 g/mol. The fraction of sp³-hybridized carbons (Fsp3) is 0.158. The molecule has 3 aromatic heterocycles. The highest BCUT2D eigenvalue weighted by molar-refractivity contribution is 7.12. The topological polar surface area (TPSA) is 83.4 Å². The number of hydrogen-bond acceptors (Lipinski definition) is 5. The van der Waals surface area contributed by atoms with Crippen molar-refractivity contribution in [3.8, 4) is 0 Å². The third-order valence-electron chi connectivity index (χ3n) is 4.10. The summed E-state index contributed by atoms with van der Waals surface area (Å²) in [5.74, 6) is 0.659. The van der Waals surface area contributed by atoms with Crippen LogP contribution in [0.5, 0.6) is 0 Å². The van der Waals surface area contributed by atoms with Gasteiger partial charge in [0.15, 0.2) is 0 Å². The molecule has 7 nitrogen and oxygen atoms in total. The first-order valence-corrected chi connectivity index (χ1v) is 9.26. The Morgan fingerprint density at radius 3 is 2.78 bits per heavy atom. The first-order valence-electron chi connectivity index (χ1n) is 8.38. The van der Waals surface area contributed by atoms with E-state index in [4.69, 9.17) is 0 Å². The van der Waals surface area contributed by atoms with E-state index in [0.717, 1.165) is 11.3 Å². The van der Waals surface area contributed by atoms with Gasteiger partial charge in [0, 0.05) is 17.4 Å². The maximum atomic E-state index is 13.1. The number of benzene rings is 1. The van der Waals surface area contributed by atoms with Gasteiger partial charge in [0.1, 0.15) is 5.82 Å². The van der Waals surface area contributed by atoms with E-state index < -0.39 is 0 Å². The number of thiophene rings is 1. The van der Waals surface area contributed by atoms with Crippen molar-refractivity contribution in [3.63, 3.8) is 0 Å². The molecule has 0 spiro atoms. The van der Waals surface area contributed by atoms with Crippen LogP contribution in [0.1, 0.15) is 26.8 Å². The number of aromatic nitrogens is 4. The summed E-state index contributed by atoms with van der Waals surface area (Å²) in [6.45, 7) is 3.92. The van der Waals surface area contributed by atoms with Crippen molar-refractivity contribution in [2.45, 2.75) is 20.4 Å². The third kappa shape index (κ3) is 3.39. The molecule has 3 heterocycles. The molecule has 27 heavy (non-hydrogen) atoms. The number of hydrogen-bond donors (Lipinski definition) is 1.